The van der Waals surface area contributed by atoms with Crippen molar-refractivity contribution in [3.63, 3.8) is 0 Å². The van der Waals surface area contributed by atoms with Gasteiger partial charge in [0.2, 0.25) is 0 Å². The molecule has 0 aliphatic heterocycles. The van der Waals surface area contributed by atoms with Gasteiger partial charge in [-0.15, -0.1) is 0 Å². The Bertz CT molecular complexity index is 3770. The lowest BCUT2D eigenvalue weighted by Gasteiger charge is -2.34. The molecule has 0 saturated carbocycles. The first-order valence-corrected chi connectivity index (χ1v) is 28.0. The van der Waals surface area contributed by atoms with E-state index in [1.807, 2.05) is 0 Å². The minimum absolute atomic E-state index is 0.0207. The van der Waals surface area contributed by atoms with Crippen molar-refractivity contribution in [2.24, 2.45) is 0 Å². The van der Waals surface area contributed by atoms with Gasteiger partial charge in [-0.05, 0) is 165 Å². The monoisotopic (exact) mass is 1030 g/mol. The van der Waals surface area contributed by atoms with Crippen LogP contribution in [0.3, 0.4) is 0 Å². The maximum atomic E-state index is 8.30. The second kappa shape index (κ2) is 19.7. The number of rotatable bonds is 8. The summed E-state index contributed by atoms with van der Waals surface area (Å²) in [5, 5.41) is 8.17. The summed E-state index contributed by atoms with van der Waals surface area (Å²) in [5.41, 5.74) is 16.6. The second-order valence-electron chi connectivity index (χ2n) is 26.5. The van der Waals surface area contributed by atoms with Gasteiger partial charge < -0.3 is 9.80 Å². The van der Waals surface area contributed by atoms with Crippen molar-refractivity contribution in [2.75, 3.05) is 9.80 Å². The predicted octanol–water partition coefficient (Wildman–Crippen LogP) is 22.6. The van der Waals surface area contributed by atoms with E-state index >= 15 is 0 Å². The fourth-order valence-corrected chi connectivity index (χ4v) is 11.3. The topological polar surface area (TPSA) is 6.48 Å². The number of hydrogen-bond acceptors (Lipinski definition) is 2. The molecule has 0 N–H and O–H groups in total. The third-order valence-electron chi connectivity index (χ3n) is 15.7. The highest BCUT2D eigenvalue weighted by Gasteiger charge is 2.29. The van der Waals surface area contributed by atoms with Crippen molar-refractivity contribution in [3.05, 3.63) is 227 Å². The Hall–Kier alpha value is -7.13. The molecule has 2 nitrogen and oxygen atoms in total. The van der Waals surface area contributed by atoms with E-state index < -0.39 is 0 Å². The molecule has 0 amide bonds. The first-order valence-electron chi connectivity index (χ1n) is 27.6. The minimum atomic E-state index is -0.111. The normalized spacial score (nSPS) is 12.7. The molecule has 0 aliphatic rings. The van der Waals surface area contributed by atoms with Crippen molar-refractivity contribution >= 4 is 78.0 Å². The van der Waals surface area contributed by atoms with Crippen molar-refractivity contribution in [1.82, 2.24) is 0 Å². The van der Waals surface area contributed by atoms with Gasteiger partial charge in [-0.25, -0.2) is 0 Å². The lowest BCUT2D eigenvalue weighted by molar-refractivity contribution is 0.590. The molecule has 3 heteroatoms. The molecule has 0 atom stereocenters. The molecular weight excluding hydrogens is 952 g/mol. The Balaban J connectivity index is 1.25. The molecule has 77 heavy (non-hydrogen) atoms. The predicted molar refractivity (Wildman–Crippen MR) is 338 cm³/mol. The summed E-state index contributed by atoms with van der Waals surface area (Å²) in [4.78, 5) is 4.79. The summed E-state index contributed by atoms with van der Waals surface area (Å²) >= 11 is 8.30. The molecule has 10 aromatic carbocycles. The van der Waals surface area contributed by atoms with Gasteiger partial charge >= 0.3 is 0 Å². The highest BCUT2D eigenvalue weighted by Crippen LogP contribution is 2.52. The van der Waals surface area contributed by atoms with Crippen molar-refractivity contribution in [3.8, 4) is 22.3 Å². The molecule has 0 aliphatic carbocycles. The van der Waals surface area contributed by atoms with E-state index in [0.29, 0.717) is 5.02 Å². The van der Waals surface area contributed by atoms with E-state index in [0.717, 1.165) is 56.4 Å². The largest absolute Gasteiger partial charge is 0.308 e. The molecule has 390 valence electrons. The highest BCUT2D eigenvalue weighted by molar-refractivity contribution is 6.37. The summed E-state index contributed by atoms with van der Waals surface area (Å²) in [5.74, 6) is 0. The van der Waals surface area contributed by atoms with E-state index in [1.165, 1.54) is 60.1 Å². The molecule has 10 aromatic rings. The quantitative estimate of drug-likeness (QED) is 0.140. The fraction of sp³-hybridized carbons (Fsp3) is 0.270. The Morgan fingerprint density at radius 2 is 0.571 bits per heavy atom. The third kappa shape index (κ3) is 10.4. The molecule has 10 rings (SSSR count). The van der Waals surface area contributed by atoms with Crippen LogP contribution in [-0.4, -0.2) is 0 Å². The van der Waals surface area contributed by atoms with E-state index in [1.54, 1.807) is 0 Å². The van der Waals surface area contributed by atoms with Crippen LogP contribution in [0.4, 0.5) is 34.1 Å². The lowest BCUT2D eigenvalue weighted by Crippen LogP contribution is -2.18. The first-order chi connectivity index (χ1) is 36.3. The molecule has 0 bridgehead atoms. The summed E-state index contributed by atoms with van der Waals surface area (Å²) in [7, 11) is 0. The Labute approximate surface area is 465 Å². The zero-order valence-corrected chi connectivity index (χ0v) is 49.0. The SMILES string of the molecule is CC(C)(C)c1ccc(-c2cc(C(C)(C)C)ccc2N(c2ccc(C(C)(C)C)cc2)c2cccc(N(c3ccc(C(C)(C)C)cc3)c3ccc(C(C)(C)C)cc3-c3ccc4c5ccccc5c5ccccc5c4c3)c2Cl)cc1. The van der Waals surface area contributed by atoms with Crippen LogP contribution in [0.1, 0.15) is 132 Å². The van der Waals surface area contributed by atoms with E-state index in [2.05, 4.69) is 308 Å². The summed E-state index contributed by atoms with van der Waals surface area (Å²) in [6.07, 6.45) is 0. The van der Waals surface area contributed by atoms with Gasteiger partial charge in [0.05, 0.1) is 27.8 Å². The zero-order valence-electron chi connectivity index (χ0n) is 48.2. The van der Waals surface area contributed by atoms with Gasteiger partial charge in [0, 0.05) is 22.5 Å². The van der Waals surface area contributed by atoms with Crippen LogP contribution in [0.25, 0.3) is 54.6 Å². The van der Waals surface area contributed by atoms with Crippen LogP contribution in [0.2, 0.25) is 5.02 Å². The second-order valence-corrected chi connectivity index (χ2v) is 26.9. The van der Waals surface area contributed by atoms with E-state index in [4.69, 9.17) is 11.6 Å². The molecule has 0 unspecified atom stereocenters. The van der Waals surface area contributed by atoms with Crippen molar-refractivity contribution in [2.45, 2.75) is 131 Å². The van der Waals surface area contributed by atoms with Crippen LogP contribution >= 0.6 is 11.6 Å². The molecule has 0 heterocycles. The standard InChI is InChI=1S/C74H77ClN2/c1-70(2,3)50-30-27-48(28-31-50)62-46-53(73(10,11)12)36-43-65(62)76(55-38-32-51(33-39-55)71(4,5)6)67-25-20-26-68(69(67)75)77(56-40-34-52(35-41-56)72(7,8)9)66-44-37-54(74(13,14)15)47-63(66)49-29-42-61-59-23-17-16-21-57(59)58-22-18-19-24-60(58)64(61)45-49/h16-47H,1-15H3. The van der Waals surface area contributed by atoms with Gasteiger partial charge in [0.25, 0.3) is 0 Å². The number of anilines is 6. The number of benzene rings is 10. The van der Waals surface area contributed by atoms with E-state index in [-0.39, 0.29) is 27.1 Å². The zero-order chi connectivity index (χ0) is 55.0. The van der Waals surface area contributed by atoms with Crippen LogP contribution in [0, 0.1) is 0 Å². The highest BCUT2D eigenvalue weighted by atomic mass is 35.5. The Morgan fingerprint density at radius 3 is 0.948 bits per heavy atom. The minimum Gasteiger partial charge on any atom is -0.308 e. The van der Waals surface area contributed by atoms with Crippen LogP contribution < -0.4 is 9.80 Å². The van der Waals surface area contributed by atoms with Gasteiger partial charge in [-0.1, -0.05) is 243 Å². The fourth-order valence-electron chi connectivity index (χ4n) is 11.0. The van der Waals surface area contributed by atoms with Crippen molar-refractivity contribution < 1.29 is 0 Å². The molecule has 0 radical (unpaired) electrons. The maximum Gasteiger partial charge on any atom is 0.0887 e. The Kier molecular flexibility index (Phi) is 13.6. The van der Waals surface area contributed by atoms with Gasteiger partial charge in [0.1, 0.15) is 0 Å². The van der Waals surface area contributed by atoms with E-state index in [9.17, 15) is 0 Å². The van der Waals surface area contributed by atoms with Gasteiger partial charge in [-0.2, -0.15) is 0 Å². The molecule has 0 saturated heterocycles. The summed E-state index contributed by atoms with van der Waals surface area (Å²) in [6.45, 7) is 34.3. The molecule has 0 fully saturated rings. The third-order valence-corrected chi connectivity index (χ3v) is 16.1. The number of hydrogen-bond donors (Lipinski definition) is 0. The van der Waals surface area contributed by atoms with Crippen LogP contribution in [0.15, 0.2) is 194 Å². The van der Waals surface area contributed by atoms with Crippen molar-refractivity contribution in [1.29, 1.82) is 0 Å². The average Bonchev–Trinajstić information content (AvgIpc) is 3.41. The first kappa shape index (κ1) is 53.3. The van der Waals surface area contributed by atoms with Gasteiger partial charge in [-0.3, -0.25) is 0 Å². The molecular formula is C74H77ClN2. The number of halogens is 1. The van der Waals surface area contributed by atoms with Crippen LogP contribution in [-0.2, 0) is 27.1 Å². The summed E-state index contributed by atoms with van der Waals surface area (Å²) < 4.78 is 0. The molecule has 0 spiro atoms. The number of nitrogens with zero attached hydrogens (tertiary/aromatic N) is 2. The smallest absolute Gasteiger partial charge is 0.0887 e. The van der Waals surface area contributed by atoms with Gasteiger partial charge in [0.15, 0.2) is 0 Å². The molecule has 0 aromatic heterocycles. The lowest BCUT2D eigenvalue weighted by atomic mass is 9.83. The maximum absolute atomic E-state index is 8.30. The van der Waals surface area contributed by atoms with Crippen LogP contribution in [0.5, 0.6) is 0 Å². The summed E-state index contributed by atoms with van der Waals surface area (Å²) in [6, 6.07) is 72.8. The number of fused-ring (bicyclic) bond motifs is 6. The average molecular weight is 1030 g/mol. The Morgan fingerprint density at radius 1 is 0.260 bits per heavy atom.